The van der Waals surface area contributed by atoms with Crippen LogP contribution < -0.4 is 10.5 Å². The van der Waals surface area contributed by atoms with Gasteiger partial charge in [-0.2, -0.15) is 5.26 Å². The Morgan fingerprint density at radius 1 is 1.12 bits per heavy atom. The third-order valence-electron chi connectivity index (χ3n) is 3.54. The van der Waals surface area contributed by atoms with E-state index < -0.39 is 0 Å². The van der Waals surface area contributed by atoms with Crippen molar-refractivity contribution < 1.29 is 4.74 Å². The summed E-state index contributed by atoms with van der Waals surface area (Å²) in [6.07, 6.45) is 1.69. The lowest BCUT2D eigenvalue weighted by Gasteiger charge is -2.13. The average Bonchev–Trinajstić information content (AvgIpc) is 2.61. The van der Waals surface area contributed by atoms with Gasteiger partial charge in [0, 0.05) is 21.8 Å². The van der Waals surface area contributed by atoms with Crippen LogP contribution in [-0.2, 0) is 0 Å². The maximum absolute atomic E-state index is 9.52. The summed E-state index contributed by atoms with van der Waals surface area (Å²) in [6.45, 7) is 0. The highest BCUT2D eigenvalue weighted by Crippen LogP contribution is 2.37. The number of halogens is 1. The molecule has 2 N–H and O–H groups in total. The molecule has 0 spiro atoms. The molecule has 6 heteroatoms. The second-order valence-electron chi connectivity index (χ2n) is 4.99. The van der Waals surface area contributed by atoms with Crippen molar-refractivity contribution in [3.8, 4) is 34.3 Å². The number of aromatic nitrogens is 2. The topological polar surface area (TPSA) is 84.8 Å². The highest BCUT2D eigenvalue weighted by molar-refractivity contribution is 9.10. The average molecular weight is 381 g/mol. The minimum atomic E-state index is 0.165. The van der Waals surface area contributed by atoms with Gasteiger partial charge in [-0.15, -0.1) is 0 Å². The minimum Gasteiger partial charge on any atom is -0.496 e. The van der Waals surface area contributed by atoms with E-state index in [1.165, 1.54) is 0 Å². The molecule has 0 saturated carbocycles. The molecule has 0 atom stereocenters. The predicted octanol–water partition coefficient (Wildman–Crippen LogP) is 4.04. The van der Waals surface area contributed by atoms with Crippen molar-refractivity contribution in [3.63, 3.8) is 0 Å². The number of nitriles is 1. The number of hydrogen-bond acceptors (Lipinski definition) is 5. The van der Waals surface area contributed by atoms with Gasteiger partial charge in [0.05, 0.1) is 18.5 Å². The maximum atomic E-state index is 9.52. The normalized spacial score (nSPS) is 10.2. The molecule has 1 aromatic carbocycles. The van der Waals surface area contributed by atoms with Crippen LogP contribution in [0.2, 0.25) is 0 Å². The summed E-state index contributed by atoms with van der Waals surface area (Å²) in [5.41, 5.74) is 9.03. The summed E-state index contributed by atoms with van der Waals surface area (Å²) in [6, 6.07) is 15.1. The monoisotopic (exact) mass is 380 g/mol. The number of benzene rings is 1. The van der Waals surface area contributed by atoms with Crippen LogP contribution >= 0.6 is 15.9 Å². The zero-order chi connectivity index (χ0) is 17.1. The van der Waals surface area contributed by atoms with Crippen molar-refractivity contribution in [1.82, 2.24) is 9.97 Å². The van der Waals surface area contributed by atoms with Crippen LogP contribution in [0.15, 0.2) is 53.1 Å². The Labute approximate surface area is 147 Å². The maximum Gasteiger partial charge on any atom is 0.142 e. The fourth-order valence-corrected chi connectivity index (χ4v) is 2.79. The lowest BCUT2D eigenvalue weighted by atomic mass is 9.98. The molecule has 2 heterocycles. The second-order valence-corrected chi connectivity index (χ2v) is 5.90. The van der Waals surface area contributed by atoms with Crippen LogP contribution in [0.25, 0.3) is 22.5 Å². The Bertz CT molecular complexity index is 936. The number of nitrogens with zero attached hydrogens (tertiary/aromatic N) is 3. The number of ether oxygens (including phenoxy) is 1. The Hall–Kier alpha value is -2.91. The first-order valence-corrected chi connectivity index (χ1v) is 7.89. The van der Waals surface area contributed by atoms with Crippen LogP contribution in [0, 0.1) is 11.3 Å². The number of hydrogen-bond donors (Lipinski definition) is 1. The minimum absolute atomic E-state index is 0.165. The first-order valence-electron chi connectivity index (χ1n) is 7.10. The van der Waals surface area contributed by atoms with Crippen LogP contribution in [-0.4, -0.2) is 17.1 Å². The van der Waals surface area contributed by atoms with Crippen LogP contribution in [0.4, 0.5) is 5.82 Å². The van der Waals surface area contributed by atoms with Crippen molar-refractivity contribution in [2.45, 2.75) is 0 Å². The second kappa shape index (κ2) is 6.69. The Morgan fingerprint density at radius 3 is 2.62 bits per heavy atom. The van der Waals surface area contributed by atoms with Gasteiger partial charge in [0.2, 0.25) is 0 Å². The predicted molar refractivity (Wildman–Crippen MR) is 96.3 cm³/mol. The molecule has 3 aromatic rings. The summed E-state index contributed by atoms with van der Waals surface area (Å²) in [5.74, 6) is 0.810. The fraction of sp³-hybridized carbons (Fsp3) is 0.0556. The molecule has 118 valence electrons. The van der Waals surface area contributed by atoms with Crippen molar-refractivity contribution in [2.24, 2.45) is 0 Å². The van der Waals surface area contributed by atoms with Crippen molar-refractivity contribution in [1.29, 1.82) is 5.26 Å². The zero-order valence-electron chi connectivity index (χ0n) is 12.8. The van der Waals surface area contributed by atoms with Gasteiger partial charge < -0.3 is 10.5 Å². The van der Waals surface area contributed by atoms with E-state index >= 15 is 0 Å². The van der Waals surface area contributed by atoms with E-state index in [4.69, 9.17) is 10.5 Å². The zero-order valence-corrected chi connectivity index (χ0v) is 14.4. The largest absolute Gasteiger partial charge is 0.496 e. The number of rotatable bonds is 3. The molecule has 0 bridgehead atoms. The number of methoxy groups -OCH3 is 1. The van der Waals surface area contributed by atoms with Gasteiger partial charge in [0.15, 0.2) is 0 Å². The molecule has 0 aliphatic carbocycles. The van der Waals surface area contributed by atoms with Crippen LogP contribution in [0.3, 0.4) is 0 Å². The summed E-state index contributed by atoms with van der Waals surface area (Å²) < 4.78 is 6.30. The molecule has 0 amide bonds. The van der Waals surface area contributed by atoms with Gasteiger partial charge >= 0.3 is 0 Å². The van der Waals surface area contributed by atoms with Gasteiger partial charge in [-0.1, -0.05) is 22.0 Å². The molecule has 0 saturated heterocycles. The van der Waals surface area contributed by atoms with Gasteiger partial charge in [0.1, 0.15) is 23.2 Å². The molecule has 0 aliphatic rings. The summed E-state index contributed by atoms with van der Waals surface area (Å²) in [4.78, 5) is 8.62. The lowest BCUT2D eigenvalue weighted by Crippen LogP contribution is -2.01. The molecule has 0 radical (unpaired) electrons. The molecule has 0 unspecified atom stereocenters. The standard InChI is InChI=1S/C18H13BrN4O/c1-24-17-6-5-11(19)8-13(17)12-9-16(15-4-2-3-7-22-15)23-18(21)14(12)10-20/h2-9H,1H3,(H2,21,23). The highest BCUT2D eigenvalue weighted by atomic mass is 79.9. The van der Waals surface area contributed by atoms with E-state index in [1.807, 2.05) is 42.5 Å². The first-order chi connectivity index (χ1) is 11.6. The summed E-state index contributed by atoms with van der Waals surface area (Å²) >= 11 is 3.45. The number of anilines is 1. The van der Waals surface area contributed by atoms with E-state index in [9.17, 15) is 5.26 Å². The molecular formula is C18H13BrN4O. The molecule has 2 aromatic heterocycles. The Kier molecular flexibility index (Phi) is 4.45. The molecule has 0 aliphatic heterocycles. The van der Waals surface area contributed by atoms with E-state index in [-0.39, 0.29) is 5.82 Å². The van der Waals surface area contributed by atoms with Gasteiger partial charge in [-0.25, -0.2) is 4.98 Å². The smallest absolute Gasteiger partial charge is 0.142 e. The number of nitrogen functional groups attached to an aromatic ring is 1. The van der Waals surface area contributed by atoms with E-state index in [1.54, 1.807) is 13.3 Å². The number of pyridine rings is 2. The van der Waals surface area contributed by atoms with Crippen LogP contribution in [0.1, 0.15) is 5.56 Å². The highest BCUT2D eigenvalue weighted by Gasteiger charge is 2.17. The lowest BCUT2D eigenvalue weighted by molar-refractivity contribution is 0.416. The van der Waals surface area contributed by atoms with Gasteiger partial charge in [0.25, 0.3) is 0 Å². The van der Waals surface area contributed by atoms with Gasteiger partial charge in [-0.3, -0.25) is 4.98 Å². The molecule has 5 nitrogen and oxygen atoms in total. The molecule has 0 fully saturated rings. The van der Waals surface area contributed by atoms with E-state index in [0.29, 0.717) is 28.3 Å². The van der Waals surface area contributed by atoms with Crippen molar-refractivity contribution in [2.75, 3.05) is 12.8 Å². The summed E-state index contributed by atoms with van der Waals surface area (Å²) in [7, 11) is 1.59. The fourth-order valence-electron chi connectivity index (χ4n) is 2.43. The quantitative estimate of drug-likeness (QED) is 0.740. The molecular weight excluding hydrogens is 368 g/mol. The van der Waals surface area contributed by atoms with Crippen LogP contribution in [0.5, 0.6) is 5.75 Å². The third kappa shape index (κ3) is 2.94. The Morgan fingerprint density at radius 2 is 1.96 bits per heavy atom. The Balaban J connectivity index is 2.30. The molecule has 3 rings (SSSR count). The number of nitrogens with two attached hydrogens (primary N) is 1. The summed E-state index contributed by atoms with van der Waals surface area (Å²) in [5, 5.41) is 9.52. The third-order valence-corrected chi connectivity index (χ3v) is 4.03. The molecule has 24 heavy (non-hydrogen) atoms. The van der Waals surface area contributed by atoms with E-state index in [2.05, 4.69) is 32.0 Å². The SMILES string of the molecule is COc1ccc(Br)cc1-c1cc(-c2ccccn2)nc(N)c1C#N. The van der Waals surface area contributed by atoms with Crippen molar-refractivity contribution in [3.05, 3.63) is 58.7 Å². The van der Waals surface area contributed by atoms with Gasteiger partial charge in [-0.05, 0) is 36.4 Å². The van der Waals surface area contributed by atoms with Crippen molar-refractivity contribution >= 4 is 21.7 Å². The van der Waals surface area contributed by atoms with E-state index in [0.717, 1.165) is 10.0 Å². The first kappa shape index (κ1) is 16.0.